The van der Waals surface area contributed by atoms with Gasteiger partial charge in [0.25, 0.3) is 5.91 Å². The van der Waals surface area contributed by atoms with Crippen molar-refractivity contribution in [1.29, 1.82) is 0 Å². The van der Waals surface area contributed by atoms with E-state index in [2.05, 4.69) is 0 Å². The van der Waals surface area contributed by atoms with Crippen LogP contribution >= 0.6 is 11.6 Å². The van der Waals surface area contributed by atoms with Crippen LogP contribution in [0.4, 0.5) is 11.4 Å². The van der Waals surface area contributed by atoms with E-state index in [1.165, 1.54) is 24.1 Å². The molecule has 9 heteroatoms. The van der Waals surface area contributed by atoms with Crippen LogP contribution in [0.1, 0.15) is 27.9 Å². The Kier molecular flexibility index (Phi) is 5.88. The van der Waals surface area contributed by atoms with E-state index in [0.29, 0.717) is 21.8 Å². The van der Waals surface area contributed by atoms with Gasteiger partial charge in [-0.15, -0.1) is 0 Å². The third-order valence-electron chi connectivity index (χ3n) is 5.64. The summed E-state index contributed by atoms with van der Waals surface area (Å²) >= 11 is 6.26. The van der Waals surface area contributed by atoms with Gasteiger partial charge >= 0.3 is 5.69 Å². The molecule has 0 aromatic heterocycles. The predicted molar refractivity (Wildman–Crippen MR) is 122 cm³/mol. The highest BCUT2D eigenvalue weighted by atomic mass is 35.5. The number of halogens is 1. The van der Waals surface area contributed by atoms with Gasteiger partial charge in [-0.25, -0.2) is 0 Å². The van der Waals surface area contributed by atoms with Crippen LogP contribution in [0.3, 0.4) is 0 Å². The highest BCUT2D eigenvalue weighted by molar-refractivity contribution is 6.31. The Morgan fingerprint density at radius 3 is 2.55 bits per heavy atom. The maximum absolute atomic E-state index is 13.4. The molecule has 1 aliphatic rings. The second-order valence-electron chi connectivity index (χ2n) is 7.60. The molecule has 1 amide bonds. The molecule has 0 radical (unpaired) electrons. The van der Waals surface area contributed by atoms with Gasteiger partial charge in [-0.2, -0.15) is 0 Å². The van der Waals surface area contributed by atoms with E-state index in [4.69, 9.17) is 16.3 Å². The Bertz CT molecular complexity index is 1280. The van der Waals surface area contributed by atoms with Gasteiger partial charge in [0.05, 0.1) is 30.7 Å². The zero-order valence-electron chi connectivity index (χ0n) is 17.5. The summed E-state index contributed by atoms with van der Waals surface area (Å²) in [5.41, 5.74) is -1.07. The van der Waals surface area contributed by atoms with Crippen molar-refractivity contribution in [1.82, 2.24) is 0 Å². The van der Waals surface area contributed by atoms with E-state index in [-0.39, 0.29) is 23.5 Å². The largest absolute Gasteiger partial charge is 0.490 e. The van der Waals surface area contributed by atoms with Crippen molar-refractivity contribution < 1.29 is 24.4 Å². The Morgan fingerprint density at radius 2 is 1.85 bits per heavy atom. The van der Waals surface area contributed by atoms with Gasteiger partial charge in [0, 0.05) is 22.2 Å². The molecule has 4 rings (SSSR count). The highest BCUT2D eigenvalue weighted by Crippen LogP contribution is 2.44. The first-order valence-electron chi connectivity index (χ1n) is 9.99. The first kappa shape index (κ1) is 22.4. The molecule has 3 aromatic carbocycles. The fraction of sp³-hybridized carbons (Fsp3) is 0.167. The van der Waals surface area contributed by atoms with Gasteiger partial charge in [0.15, 0.2) is 17.1 Å². The number of methoxy groups -OCH3 is 1. The van der Waals surface area contributed by atoms with Crippen LogP contribution in [0.25, 0.3) is 0 Å². The minimum absolute atomic E-state index is 0.00321. The summed E-state index contributed by atoms with van der Waals surface area (Å²) in [6.07, 6.45) is -0.578. The van der Waals surface area contributed by atoms with Crippen LogP contribution in [-0.2, 0) is 16.9 Å². The lowest BCUT2D eigenvalue weighted by molar-refractivity contribution is -0.385. The zero-order chi connectivity index (χ0) is 23.8. The van der Waals surface area contributed by atoms with Crippen molar-refractivity contribution in [3.05, 3.63) is 98.6 Å². The van der Waals surface area contributed by atoms with E-state index < -0.39 is 28.6 Å². The number of benzene rings is 3. The Labute approximate surface area is 194 Å². The number of nitro groups is 1. The first-order valence-corrected chi connectivity index (χ1v) is 10.4. The standard InChI is InChI=1S/C24H19ClN2O6/c1-33-22-11-10-15(12-20(22)27(31)32)21(28)13-24(30)17-7-3-5-9-19(17)26(23(24)29)14-16-6-2-4-8-18(16)25/h2-12,30H,13-14H2,1H3/t24-/m0/s1. The number of amides is 1. The number of nitrogens with zero attached hydrogens (tertiary/aromatic N) is 2. The number of fused-ring (bicyclic) bond motifs is 1. The van der Waals surface area contributed by atoms with E-state index in [1.54, 1.807) is 48.5 Å². The van der Waals surface area contributed by atoms with Gasteiger partial charge in [0.2, 0.25) is 0 Å². The van der Waals surface area contributed by atoms with Gasteiger partial charge in [-0.05, 0) is 29.8 Å². The minimum Gasteiger partial charge on any atom is -0.490 e. The highest BCUT2D eigenvalue weighted by Gasteiger charge is 2.51. The number of hydrogen-bond acceptors (Lipinski definition) is 6. The number of carbonyl (C=O) groups excluding carboxylic acids is 2. The molecule has 0 unspecified atom stereocenters. The lowest BCUT2D eigenvalue weighted by Crippen LogP contribution is -2.41. The third-order valence-corrected chi connectivity index (χ3v) is 6.01. The Morgan fingerprint density at radius 1 is 1.15 bits per heavy atom. The minimum atomic E-state index is -2.12. The number of hydrogen-bond donors (Lipinski definition) is 1. The van der Waals surface area contributed by atoms with Crippen LogP contribution in [0, 0.1) is 10.1 Å². The van der Waals surface area contributed by atoms with Gasteiger partial charge in [-0.1, -0.05) is 48.0 Å². The van der Waals surface area contributed by atoms with Gasteiger partial charge in [0.1, 0.15) is 0 Å². The summed E-state index contributed by atoms with van der Waals surface area (Å²) < 4.78 is 4.96. The number of para-hydroxylation sites is 1. The van der Waals surface area contributed by atoms with Gasteiger partial charge in [-0.3, -0.25) is 19.7 Å². The molecule has 8 nitrogen and oxygen atoms in total. The first-order chi connectivity index (χ1) is 15.8. The summed E-state index contributed by atoms with van der Waals surface area (Å²) in [4.78, 5) is 38.5. The normalized spacial score (nSPS) is 17.1. The molecule has 0 fully saturated rings. The summed E-state index contributed by atoms with van der Waals surface area (Å²) in [5, 5.41) is 23.2. The van der Waals surface area contributed by atoms with Crippen LogP contribution < -0.4 is 9.64 Å². The summed E-state index contributed by atoms with van der Waals surface area (Å²) in [7, 11) is 1.29. The monoisotopic (exact) mass is 466 g/mol. The predicted octanol–water partition coefficient (Wildman–Crippen LogP) is 4.26. The number of anilines is 1. The Hall–Kier alpha value is -3.75. The summed E-state index contributed by atoms with van der Waals surface area (Å²) in [6.45, 7) is 0.111. The van der Waals surface area contributed by atoms with Crippen molar-refractivity contribution in [2.45, 2.75) is 18.6 Å². The van der Waals surface area contributed by atoms with Crippen LogP contribution in [-0.4, -0.2) is 28.8 Å². The topological polar surface area (TPSA) is 110 Å². The molecule has 33 heavy (non-hydrogen) atoms. The average molecular weight is 467 g/mol. The average Bonchev–Trinajstić information content (AvgIpc) is 3.01. The Balaban J connectivity index is 1.68. The zero-order valence-corrected chi connectivity index (χ0v) is 18.3. The molecule has 1 heterocycles. The number of Topliss-reactive ketones (excluding diaryl/α,β-unsaturated/α-hetero) is 1. The van der Waals surface area contributed by atoms with E-state index in [0.717, 1.165) is 6.07 Å². The molecule has 0 aliphatic carbocycles. The lowest BCUT2D eigenvalue weighted by Gasteiger charge is -2.23. The molecule has 1 N–H and O–H groups in total. The van der Waals surface area contributed by atoms with E-state index in [1.807, 2.05) is 0 Å². The number of aliphatic hydroxyl groups is 1. The number of nitro benzene ring substituents is 1. The van der Waals surface area contributed by atoms with Crippen LogP contribution in [0.15, 0.2) is 66.7 Å². The molecular formula is C24H19ClN2O6. The molecular weight excluding hydrogens is 448 g/mol. The SMILES string of the molecule is COc1ccc(C(=O)C[C@@]2(O)C(=O)N(Cc3ccccc3Cl)c3ccccc32)cc1[N+](=O)[O-]. The maximum atomic E-state index is 13.4. The second kappa shape index (κ2) is 8.65. The molecule has 0 spiro atoms. The quantitative estimate of drug-likeness (QED) is 0.316. The smallest absolute Gasteiger partial charge is 0.311 e. The molecule has 0 saturated carbocycles. The van der Waals surface area contributed by atoms with Crippen molar-refractivity contribution in [2.24, 2.45) is 0 Å². The van der Waals surface area contributed by atoms with Crippen molar-refractivity contribution in [3.8, 4) is 5.75 Å². The van der Waals surface area contributed by atoms with Crippen LogP contribution in [0.2, 0.25) is 5.02 Å². The van der Waals surface area contributed by atoms with E-state index >= 15 is 0 Å². The lowest BCUT2D eigenvalue weighted by atomic mass is 9.88. The second-order valence-corrected chi connectivity index (χ2v) is 8.01. The molecule has 3 aromatic rings. The van der Waals surface area contributed by atoms with Gasteiger partial charge < -0.3 is 14.7 Å². The fourth-order valence-corrected chi connectivity index (χ4v) is 4.17. The summed E-state index contributed by atoms with van der Waals surface area (Å²) in [6, 6.07) is 17.5. The van der Waals surface area contributed by atoms with Crippen molar-refractivity contribution >= 4 is 34.7 Å². The number of ether oxygens (including phenoxy) is 1. The number of ketones is 1. The number of rotatable bonds is 7. The van der Waals surface area contributed by atoms with Crippen molar-refractivity contribution in [2.75, 3.05) is 12.0 Å². The molecule has 1 atom stereocenters. The van der Waals surface area contributed by atoms with E-state index in [9.17, 15) is 24.8 Å². The summed E-state index contributed by atoms with van der Waals surface area (Å²) in [5.74, 6) is -1.28. The molecule has 0 saturated heterocycles. The molecule has 168 valence electrons. The third kappa shape index (κ3) is 3.94. The fourth-order valence-electron chi connectivity index (χ4n) is 3.97. The maximum Gasteiger partial charge on any atom is 0.311 e. The number of carbonyl (C=O) groups is 2. The van der Waals surface area contributed by atoms with Crippen molar-refractivity contribution in [3.63, 3.8) is 0 Å². The van der Waals surface area contributed by atoms with Crippen LogP contribution in [0.5, 0.6) is 5.75 Å². The molecule has 1 aliphatic heterocycles. The molecule has 0 bridgehead atoms.